The topological polar surface area (TPSA) is 79.9 Å². The molecule has 1 aromatic carbocycles. The number of hydrogen-bond acceptors (Lipinski definition) is 5. The molecule has 0 aliphatic carbocycles. The molecule has 1 aliphatic heterocycles. The minimum atomic E-state index is -0.237. The van der Waals surface area contributed by atoms with Crippen molar-refractivity contribution < 1.29 is 19.1 Å². The van der Waals surface area contributed by atoms with Gasteiger partial charge in [0.2, 0.25) is 5.91 Å². The summed E-state index contributed by atoms with van der Waals surface area (Å²) in [7, 11) is 3.02. The molecular weight excluding hydrogens is 334 g/mol. The molecule has 0 atom stereocenters. The van der Waals surface area contributed by atoms with Crippen LogP contribution in [0.15, 0.2) is 12.1 Å². The Hall–Kier alpha value is -2.28. The van der Waals surface area contributed by atoms with Gasteiger partial charge >= 0.3 is 0 Å². The first-order chi connectivity index (χ1) is 12.5. The molecule has 0 bridgehead atoms. The van der Waals surface area contributed by atoms with Crippen LogP contribution in [0.3, 0.4) is 0 Å². The SMILES string of the molecule is CCCN(C(=O)c1cc(NC(C)=O)c(OC)c(OC)c1)C1CCNCC1. The van der Waals surface area contributed by atoms with E-state index in [2.05, 4.69) is 17.6 Å². The molecule has 2 rings (SSSR count). The lowest BCUT2D eigenvalue weighted by Gasteiger charge is -2.35. The predicted molar refractivity (Wildman–Crippen MR) is 101 cm³/mol. The van der Waals surface area contributed by atoms with Gasteiger partial charge in [-0.25, -0.2) is 0 Å². The first-order valence-electron chi connectivity index (χ1n) is 9.07. The molecule has 0 aromatic heterocycles. The minimum Gasteiger partial charge on any atom is -0.493 e. The molecule has 1 heterocycles. The minimum absolute atomic E-state index is 0.0497. The van der Waals surface area contributed by atoms with E-state index in [0.29, 0.717) is 29.3 Å². The van der Waals surface area contributed by atoms with Crippen LogP contribution in [-0.4, -0.2) is 56.6 Å². The maximum absolute atomic E-state index is 13.2. The van der Waals surface area contributed by atoms with Gasteiger partial charge in [-0.2, -0.15) is 0 Å². The van der Waals surface area contributed by atoms with E-state index in [0.717, 1.165) is 32.4 Å². The average Bonchev–Trinajstić information content (AvgIpc) is 2.65. The number of benzene rings is 1. The van der Waals surface area contributed by atoms with E-state index in [4.69, 9.17) is 9.47 Å². The van der Waals surface area contributed by atoms with Crippen LogP contribution in [0.4, 0.5) is 5.69 Å². The number of hydrogen-bond donors (Lipinski definition) is 2. The first-order valence-corrected chi connectivity index (χ1v) is 9.07. The predicted octanol–water partition coefficient (Wildman–Crippen LogP) is 2.27. The van der Waals surface area contributed by atoms with Crippen molar-refractivity contribution in [2.24, 2.45) is 0 Å². The fourth-order valence-corrected chi connectivity index (χ4v) is 3.35. The summed E-state index contributed by atoms with van der Waals surface area (Å²) in [6.07, 6.45) is 2.77. The van der Waals surface area contributed by atoms with Crippen LogP contribution in [-0.2, 0) is 4.79 Å². The number of carbonyl (C=O) groups excluding carboxylic acids is 2. The largest absolute Gasteiger partial charge is 0.493 e. The fourth-order valence-electron chi connectivity index (χ4n) is 3.35. The molecule has 1 aromatic rings. The van der Waals surface area contributed by atoms with E-state index in [-0.39, 0.29) is 17.9 Å². The van der Waals surface area contributed by atoms with Crippen molar-refractivity contribution in [3.8, 4) is 11.5 Å². The molecule has 7 heteroatoms. The highest BCUT2D eigenvalue weighted by molar-refractivity contribution is 5.99. The quantitative estimate of drug-likeness (QED) is 0.777. The van der Waals surface area contributed by atoms with Crippen molar-refractivity contribution in [2.75, 3.05) is 39.2 Å². The Morgan fingerprint density at radius 3 is 2.46 bits per heavy atom. The lowest BCUT2D eigenvalue weighted by molar-refractivity contribution is -0.114. The summed E-state index contributed by atoms with van der Waals surface area (Å²) in [4.78, 5) is 26.7. The summed E-state index contributed by atoms with van der Waals surface area (Å²) < 4.78 is 10.7. The summed E-state index contributed by atoms with van der Waals surface area (Å²) in [5.74, 6) is 0.539. The molecule has 26 heavy (non-hydrogen) atoms. The molecule has 0 saturated carbocycles. The second-order valence-electron chi connectivity index (χ2n) is 6.42. The second-order valence-corrected chi connectivity index (χ2v) is 6.42. The third-order valence-corrected chi connectivity index (χ3v) is 4.51. The van der Waals surface area contributed by atoms with Crippen LogP contribution in [0, 0.1) is 0 Å². The summed E-state index contributed by atoms with van der Waals surface area (Å²) in [6.45, 7) is 6.02. The number of amides is 2. The highest BCUT2D eigenvalue weighted by Gasteiger charge is 2.27. The summed E-state index contributed by atoms with van der Waals surface area (Å²) in [5.41, 5.74) is 0.919. The van der Waals surface area contributed by atoms with E-state index < -0.39 is 0 Å². The summed E-state index contributed by atoms with van der Waals surface area (Å²) in [6, 6.07) is 3.56. The van der Waals surface area contributed by atoms with E-state index >= 15 is 0 Å². The number of methoxy groups -OCH3 is 2. The van der Waals surface area contributed by atoms with Crippen molar-refractivity contribution in [3.63, 3.8) is 0 Å². The van der Waals surface area contributed by atoms with Gasteiger partial charge in [0, 0.05) is 25.1 Å². The third-order valence-electron chi connectivity index (χ3n) is 4.51. The van der Waals surface area contributed by atoms with E-state index in [1.165, 1.54) is 21.1 Å². The van der Waals surface area contributed by atoms with Gasteiger partial charge in [-0.1, -0.05) is 6.92 Å². The average molecular weight is 363 g/mol. The van der Waals surface area contributed by atoms with E-state index in [1.54, 1.807) is 12.1 Å². The Balaban J connectivity index is 2.39. The molecule has 2 amide bonds. The van der Waals surface area contributed by atoms with Gasteiger partial charge in [-0.3, -0.25) is 9.59 Å². The van der Waals surface area contributed by atoms with Crippen LogP contribution < -0.4 is 20.1 Å². The van der Waals surface area contributed by atoms with Crippen molar-refractivity contribution in [1.29, 1.82) is 0 Å². The van der Waals surface area contributed by atoms with Crippen LogP contribution >= 0.6 is 0 Å². The standard InChI is InChI=1S/C19H29N3O4/c1-5-10-22(15-6-8-20-9-7-15)19(24)14-11-16(21-13(2)23)18(26-4)17(12-14)25-3/h11-12,15,20H,5-10H2,1-4H3,(H,21,23). The van der Waals surface area contributed by atoms with Gasteiger partial charge in [0.05, 0.1) is 19.9 Å². The lowest BCUT2D eigenvalue weighted by atomic mass is 10.0. The smallest absolute Gasteiger partial charge is 0.254 e. The van der Waals surface area contributed by atoms with Crippen LogP contribution in [0.1, 0.15) is 43.5 Å². The van der Waals surface area contributed by atoms with Crippen LogP contribution in [0.5, 0.6) is 11.5 Å². The zero-order chi connectivity index (χ0) is 19.1. The van der Waals surface area contributed by atoms with Gasteiger partial charge in [-0.05, 0) is 44.5 Å². The zero-order valence-corrected chi connectivity index (χ0v) is 16.1. The molecule has 1 fully saturated rings. The number of nitrogens with zero attached hydrogens (tertiary/aromatic N) is 1. The monoisotopic (exact) mass is 363 g/mol. The molecule has 0 unspecified atom stereocenters. The van der Waals surface area contributed by atoms with Crippen molar-refractivity contribution >= 4 is 17.5 Å². The van der Waals surface area contributed by atoms with Crippen LogP contribution in [0.2, 0.25) is 0 Å². The highest BCUT2D eigenvalue weighted by Crippen LogP contribution is 2.37. The number of piperidine rings is 1. The number of anilines is 1. The Kier molecular flexibility index (Phi) is 7.26. The molecular formula is C19H29N3O4. The Bertz CT molecular complexity index is 642. The normalized spacial score (nSPS) is 14.6. The molecule has 1 saturated heterocycles. The van der Waals surface area contributed by atoms with Crippen molar-refractivity contribution in [3.05, 3.63) is 17.7 Å². The third kappa shape index (κ3) is 4.66. The zero-order valence-electron chi connectivity index (χ0n) is 16.1. The number of ether oxygens (including phenoxy) is 2. The number of carbonyl (C=O) groups is 2. The fraction of sp³-hybridized carbons (Fsp3) is 0.579. The van der Waals surface area contributed by atoms with Gasteiger partial charge in [-0.15, -0.1) is 0 Å². The summed E-state index contributed by atoms with van der Waals surface area (Å²) >= 11 is 0. The molecule has 0 spiro atoms. The van der Waals surface area contributed by atoms with E-state index in [9.17, 15) is 9.59 Å². The lowest BCUT2D eigenvalue weighted by Crippen LogP contribution is -2.46. The van der Waals surface area contributed by atoms with Gasteiger partial charge in [0.15, 0.2) is 11.5 Å². The first kappa shape index (κ1) is 20.0. The van der Waals surface area contributed by atoms with E-state index in [1.807, 2.05) is 4.90 Å². The van der Waals surface area contributed by atoms with Gasteiger partial charge < -0.3 is 25.0 Å². The van der Waals surface area contributed by atoms with Crippen molar-refractivity contribution in [2.45, 2.75) is 39.2 Å². The molecule has 7 nitrogen and oxygen atoms in total. The Labute approximate surface area is 155 Å². The molecule has 1 aliphatic rings. The number of rotatable bonds is 7. The van der Waals surface area contributed by atoms with Gasteiger partial charge in [0.25, 0.3) is 5.91 Å². The van der Waals surface area contributed by atoms with Crippen molar-refractivity contribution in [1.82, 2.24) is 10.2 Å². The second kappa shape index (κ2) is 9.43. The molecule has 0 radical (unpaired) electrons. The maximum atomic E-state index is 13.2. The Morgan fingerprint density at radius 1 is 1.23 bits per heavy atom. The number of nitrogens with one attached hydrogen (secondary N) is 2. The highest BCUT2D eigenvalue weighted by atomic mass is 16.5. The van der Waals surface area contributed by atoms with Crippen LogP contribution in [0.25, 0.3) is 0 Å². The Morgan fingerprint density at radius 2 is 1.92 bits per heavy atom. The summed E-state index contributed by atoms with van der Waals surface area (Å²) in [5, 5.41) is 6.05. The molecule has 2 N–H and O–H groups in total. The maximum Gasteiger partial charge on any atom is 0.254 e. The van der Waals surface area contributed by atoms with Gasteiger partial charge in [0.1, 0.15) is 0 Å². The molecule has 144 valence electrons.